The third kappa shape index (κ3) is 7.62. The van der Waals surface area contributed by atoms with E-state index in [0.29, 0.717) is 22.3 Å². The Morgan fingerprint density at radius 2 is 1.96 bits per heavy atom. The lowest BCUT2D eigenvalue weighted by Gasteiger charge is -2.14. The van der Waals surface area contributed by atoms with E-state index in [4.69, 9.17) is 27.9 Å². The topological polar surface area (TPSA) is 41.6 Å². The van der Waals surface area contributed by atoms with E-state index in [1.54, 1.807) is 18.2 Å². The molecule has 1 aromatic carbocycles. The highest BCUT2D eigenvalue weighted by Gasteiger charge is 2.10. The highest BCUT2D eigenvalue weighted by molar-refractivity contribution is 6.35. The molecule has 2 rings (SSSR count). The summed E-state index contributed by atoms with van der Waals surface area (Å²) in [6.45, 7) is 4.23. The second-order valence-electron chi connectivity index (χ2n) is 5.47. The Labute approximate surface area is 153 Å². The Kier molecular flexibility index (Phi) is 9.72. The van der Waals surface area contributed by atoms with E-state index in [-0.39, 0.29) is 24.9 Å². The molecule has 0 saturated carbocycles. The van der Waals surface area contributed by atoms with Crippen molar-refractivity contribution in [2.45, 2.75) is 25.7 Å². The summed E-state index contributed by atoms with van der Waals surface area (Å²) in [5.41, 5.74) is 0. The summed E-state index contributed by atoms with van der Waals surface area (Å²) in [7, 11) is 0. The minimum atomic E-state index is -0.132. The fourth-order valence-corrected chi connectivity index (χ4v) is 2.94. The summed E-state index contributed by atoms with van der Waals surface area (Å²) in [5.74, 6) is 0.336. The molecular formula is C16H23Cl3N2O2. The summed E-state index contributed by atoms with van der Waals surface area (Å²) < 4.78 is 5.38. The molecule has 23 heavy (non-hydrogen) atoms. The van der Waals surface area contributed by atoms with Crippen molar-refractivity contribution >= 4 is 41.5 Å². The van der Waals surface area contributed by atoms with E-state index < -0.39 is 0 Å². The monoisotopic (exact) mass is 380 g/mol. The van der Waals surface area contributed by atoms with Crippen LogP contribution in [-0.2, 0) is 4.79 Å². The van der Waals surface area contributed by atoms with Gasteiger partial charge in [-0.25, -0.2) is 0 Å². The second-order valence-corrected chi connectivity index (χ2v) is 6.31. The number of amides is 1. The molecule has 0 bridgehead atoms. The Morgan fingerprint density at radius 3 is 2.65 bits per heavy atom. The maximum atomic E-state index is 11.7. The van der Waals surface area contributed by atoms with Crippen LogP contribution in [0.2, 0.25) is 10.0 Å². The van der Waals surface area contributed by atoms with Crippen LogP contribution < -0.4 is 10.1 Å². The lowest BCUT2D eigenvalue weighted by molar-refractivity contribution is -0.123. The molecule has 1 heterocycles. The van der Waals surface area contributed by atoms with Crippen molar-refractivity contribution in [3.8, 4) is 5.75 Å². The predicted octanol–water partition coefficient (Wildman–Crippen LogP) is 3.79. The molecule has 7 heteroatoms. The molecule has 1 amide bonds. The first kappa shape index (κ1) is 20.4. The van der Waals surface area contributed by atoms with Crippen molar-refractivity contribution < 1.29 is 9.53 Å². The van der Waals surface area contributed by atoms with Gasteiger partial charge in [-0.3, -0.25) is 4.79 Å². The largest absolute Gasteiger partial charge is 0.482 e. The Morgan fingerprint density at radius 1 is 1.22 bits per heavy atom. The third-order valence-corrected chi connectivity index (χ3v) is 4.21. The van der Waals surface area contributed by atoms with Gasteiger partial charge in [0.05, 0.1) is 5.02 Å². The van der Waals surface area contributed by atoms with Gasteiger partial charge < -0.3 is 15.0 Å². The van der Waals surface area contributed by atoms with Gasteiger partial charge >= 0.3 is 0 Å². The molecule has 0 radical (unpaired) electrons. The van der Waals surface area contributed by atoms with Crippen LogP contribution in [0.15, 0.2) is 18.2 Å². The van der Waals surface area contributed by atoms with Gasteiger partial charge in [0.2, 0.25) is 0 Å². The van der Waals surface area contributed by atoms with Gasteiger partial charge in [-0.15, -0.1) is 12.4 Å². The first-order valence-corrected chi connectivity index (χ1v) is 8.47. The zero-order chi connectivity index (χ0) is 15.8. The quantitative estimate of drug-likeness (QED) is 0.697. The van der Waals surface area contributed by atoms with Gasteiger partial charge in [0.25, 0.3) is 5.91 Å². The molecule has 1 N–H and O–H groups in total. The molecule has 130 valence electrons. The number of carbonyl (C=O) groups is 1. The van der Waals surface area contributed by atoms with Crippen molar-refractivity contribution in [1.82, 2.24) is 10.2 Å². The van der Waals surface area contributed by atoms with Crippen LogP contribution >= 0.6 is 35.6 Å². The molecule has 0 spiro atoms. The second kappa shape index (κ2) is 11.0. The third-order valence-electron chi connectivity index (χ3n) is 3.67. The van der Waals surface area contributed by atoms with Crippen molar-refractivity contribution in [3.63, 3.8) is 0 Å². The summed E-state index contributed by atoms with van der Waals surface area (Å²) in [6.07, 6.45) is 4.75. The van der Waals surface area contributed by atoms with E-state index in [2.05, 4.69) is 10.2 Å². The molecule has 0 aliphatic carbocycles. The molecule has 0 unspecified atom stereocenters. The zero-order valence-electron chi connectivity index (χ0n) is 13.0. The maximum absolute atomic E-state index is 11.7. The van der Waals surface area contributed by atoms with E-state index in [1.807, 2.05) is 0 Å². The molecule has 1 saturated heterocycles. The van der Waals surface area contributed by atoms with Crippen LogP contribution in [0.1, 0.15) is 25.7 Å². The van der Waals surface area contributed by atoms with Crippen LogP contribution in [0.3, 0.4) is 0 Å². The molecule has 4 nitrogen and oxygen atoms in total. The van der Waals surface area contributed by atoms with Gasteiger partial charge in [0.15, 0.2) is 6.61 Å². The number of likely N-dealkylation sites (tertiary alicyclic amines) is 1. The molecule has 0 atom stereocenters. The first-order valence-electron chi connectivity index (χ1n) is 7.72. The number of benzene rings is 1. The molecule has 0 aromatic heterocycles. The van der Waals surface area contributed by atoms with Gasteiger partial charge in [0, 0.05) is 11.6 Å². The normalized spacial score (nSPS) is 14.3. The number of unbranched alkanes of at least 4 members (excludes halogenated alkanes) is 1. The number of hydrogen-bond donors (Lipinski definition) is 1. The van der Waals surface area contributed by atoms with Crippen molar-refractivity contribution in [2.24, 2.45) is 0 Å². The SMILES string of the molecule is Cl.O=C(COc1ccc(Cl)cc1Cl)NCCCCN1CCCC1. The van der Waals surface area contributed by atoms with Crippen LogP contribution in [0.25, 0.3) is 0 Å². The number of carbonyl (C=O) groups excluding carboxylic acids is 1. The minimum Gasteiger partial charge on any atom is -0.482 e. The van der Waals surface area contributed by atoms with Crippen LogP contribution in [-0.4, -0.2) is 43.6 Å². The Bertz CT molecular complexity index is 494. The van der Waals surface area contributed by atoms with Gasteiger partial charge in [-0.05, 0) is 63.5 Å². The number of nitrogens with zero attached hydrogens (tertiary/aromatic N) is 1. The summed E-state index contributed by atoms with van der Waals surface area (Å²) in [4.78, 5) is 14.2. The van der Waals surface area contributed by atoms with Gasteiger partial charge in [0.1, 0.15) is 5.75 Å². The summed E-state index contributed by atoms with van der Waals surface area (Å²) in [5, 5.41) is 3.81. The fourth-order valence-electron chi connectivity index (χ4n) is 2.48. The molecule has 1 aliphatic heterocycles. The number of halogens is 3. The van der Waals surface area contributed by atoms with Gasteiger partial charge in [-0.2, -0.15) is 0 Å². The van der Waals surface area contributed by atoms with Crippen LogP contribution in [0, 0.1) is 0 Å². The standard InChI is InChI=1S/C16H22Cl2N2O2.ClH/c17-13-5-6-15(14(18)11-13)22-12-16(21)19-7-1-2-8-20-9-3-4-10-20;/h5-6,11H,1-4,7-10,12H2,(H,19,21);1H. The Hall–Kier alpha value is -0.680. The van der Waals surface area contributed by atoms with E-state index in [1.165, 1.54) is 25.9 Å². The lowest BCUT2D eigenvalue weighted by Crippen LogP contribution is -2.30. The minimum absolute atomic E-state index is 0. The van der Waals surface area contributed by atoms with E-state index in [0.717, 1.165) is 19.4 Å². The lowest BCUT2D eigenvalue weighted by atomic mass is 10.3. The highest BCUT2D eigenvalue weighted by atomic mass is 35.5. The van der Waals surface area contributed by atoms with Crippen LogP contribution in [0.4, 0.5) is 0 Å². The summed E-state index contributed by atoms with van der Waals surface area (Å²) >= 11 is 11.8. The van der Waals surface area contributed by atoms with Gasteiger partial charge in [-0.1, -0.05) is 23.2 Å². The highest BCUT2D eigenvalue weighted by Crippen LogP contribution is 2.27. The molecular weight excluding hydrogens is 359 g/mol. The van der Waals surface area contributed by atoms with Crippen molar-refractivity contribution in [3.05, 3.63) is 28.2 Å². The average molecular weight is 382 g/mol. The Balaban J connectivity index is 0.00000264. The van der Waals surface area contributed by atoms with Crippen LogP contribution in [0.5, 0.6) is 5.75 Å². The smallest absolute Gasteiger partial charge is 0.257 e. The first-order chi connectivity index (χ1) is 10.6. The molecule has 1 fully saturated rings. The predicted molar refractivity (Wildman–Crippen MR) is 97.1 cm³/mol. The average Bonchev–Trinajstić information content (AvgIpc) is 2.99. The van der Waals surface area contributed by atoms with E-state index >= 15 is 0 Å². The van der Waals surface area contributed by atoms with Crippen molar-refractivity contribution in [2.75, 3.05) is 32.8 Å². The number of hydrogen-bond acceptors (Lipinski definition) is 3. The number of nitrogens with one attached hydrogen (secondary N) is 1. The summed E-state index contributed by atoms with van der Waals surface area (Å²) in [6, 6.07) is 4.93. The van der Waals surface area contributed by atoms with Crippen molar-refractivity contribution in [1.29, 1.82) is 0 Å². The number of ether oxygens (including phenoxy) is 1. The molecule has 1 aliphatic rings. The maximum Gasteiger partial charge on any atom is 0.257 e. The zero-order valence-corrected chi connectivity index (χ0v) is 15.4. The number of rotatable bonds is 8. The fraction of sp³-hybridized carbons (Fsp3) is 0.562. The van der Waals surface area contributed by atoms with E-state index in [9.17, 15) is 4.79 Å². The molecule has 1 aromatic rings.